The maximum Gasteiger partial charge on any atom is 0.288 e. The maximum atomic E-state index is 12.9. The van der Waals surface area contributed by atoms with Gasteiger partial charge in [-0.1, -0.05) is 36.4 Å². The molecule has 196 valence electrons. The molecule has 38 heavy (non-hydrogen) atoms. The number of likely N-dealkylation sites (tertiary alicyclic amines) is 1. The summed E-state index contributed by atoms with van der Waals surface area (Å²) in [6.45, 7) is 1.89. The van der Waals surface area contributed by atoms with E-state index in [1.807, 2.05) is 95.3 Å². The Kier molecular flexibility index (Phi) is 7.28. The van der Waals surface area contributed by atoms with E-state index in [1.165, 1.54) is 0 Å². The molecular weight excluding hydrogens is 480 g/mol. The Balaban J connectivity index is 1.44. The summed E-state index contributed by atoms with van der Waals surface area (Å²) >= 11 is 0. The lowest BCUT2D eigenvalue weighted by Crippen LogP contribution is -2.37. The third-order valence-electron chi connectivity index (χ3n) is 6.77. The number of hydrogen-bond donors (Lipinski definition) is 2. The number of aromatic amines is 1. The van der Waals surface area contributed by atoms with Crippen LogP contribution in [0.2, 0.25) is 0 Å². The molecule has 0 aliphatic carbocycles. The van der Waals surface area contributed by atoms with Gasteiger partial charge in [-0.2, -0.15) is 5.10 Å². The van der Waals surface area contributed by atoms with Gasteiger partial charge in [0.2, 0.25) is 5.91 Å². The van der Waals surface area contributed by atoms with Crippen LogP contribution in [-0.4, -0.2) is 63.7 Å². The Labute approximate surface area is 221 Å². The molecule has 9 heteroatoms. The van der Waals surface area contributed by atoms with Crippen LogP contribution in [0.4, 0.5) is 5.82 Å². The molecule has 1 aliphatic heterocycles. The number of ether oxygens (including phenoxy) is 1. The Morgan fingerprint density at radius 2 is 1.89 bits per heavy atom. The summed E-state index contributed by atoms with van der Waals surface area (Å²) in [6.07, 6.45) is 7.25. The number of hydrogen-bond acceptors (Lipinski definition) is 6. The predicted molar refractivity (Wildman–Crippen MR) is 149 cm³/mol. The molecule has 4 aromatic rings. The van der Waals surface area contributed by atoms with Crippen molar-refractivity contribution in [1.29, 1.82) is 0 Å². The van der Waals surface area contributed by atoms with Crippen molar-refractivity contribution in [3.8, 4) is 22.6 Å². The summed E-state index contributed by atoms with van der Waals surface area (Å²) in [6, 6.07) is 17.2. The van der Waals surface area contributed by atoms with Gasteiger partial charge in [-0.25, -0.2) is 5.10 Å². The largest absolute Gasteiger partial charge is 0.457 e. The quantitative estimate of drug-likeness (QED) is 0.347. The first-order chi connectivity index (χ1) is 18.4. The highest BCUT2D eigenvalue weighted by molar-refractivity contribution is 6.02. The van der Waals surface area contributed by atoms with E-state index in [9.17, 15) is 9.59 Å². The van der Waals surface area contributed by atoms with Crippen molar-refractivity contribution in [3.05, 3.63) is 83.3 Å². The van der Waals surface area contributed by atoms with E-state index in [-0.39, 0.29) is 23.3 Å². The van der Waals surface area contributed by atoms with Crippen LogP contribution in [0.25, 0.3) is 22.0 Å². The third kappa shape index (κ3) is 5.33. The van der Waals surface area contributed by atoms with Crippen molar-refractivity contribution >= 4 is 22.6 Å². The van der Waals surface area contributed by atoms with Gasteiger partial charge < -0.3 is 24.8 Å². The molecule has 3 heterocycles. The molecule has 1 saturated heterocycles. The van der Waals surface area contributed by atoms with Crippen LogP contribution >= 0.6 is 0 Å². The van der Waals surface area contributed by atoms with Crippen molar-refractivity contribution in [2.75, 3.05) is 32.9 Å². The molecule has 0 spiro atoms. The summed E-state index contributed by atoms with van der Waals surface area (Å²) in [7, 11) is 3.92. The van der Waals surface area contributed by atoms with Crippen molar-refractivity contribution in [1.82, 2.24) is 24.6 Å². The van der Waals surface area contributed by atoms with Gasteiger partial charge in [0, 0.05) is 43.5 Å². The smallest absolute Gasteiger partial charge is 0.288 e. The molecule has 5 rings (SSSR count). The highest BCUT2D eigenvalue weighted by Gasteiger charge is 2.29. The minimum Gasteiger partial charge on any atom is -0.457 e. The zero-order valence-electron chi connectivity index (χ0n) is 21.6. The molecule has 1 fully saturated rings. The number of anilines is 1. The first-order valence-electron chi connectivity index (χ1n) is 12.7. The van der Waals surface area contributed by atoms with Crippen LogP contribution < -0.4 is 16.0 Å². The molecule has 1 amide bonds. The topological polar surface area (TPSA) is 109 Å². The number of benzene rings is 2. The normalized spacial score (nSPS) is 15.7. The van der Waals surface area contributed by atoms with Gasteiger partial charge in [0.15, 0.2) is 5.82 Å². The second-order valence-corrected chi connectivity index (χ2v) is 9.79. The van der Waals surface area contributed by atoms with Crippen molar-refractivity contribution in [2.24, 2.45) is 0 Å². The van der Waals surface area contributed by atoms with E-state index < -0.39 is 0 Å². The molecule has 9 nitrogen and oxygen atoms in total. The number of carbonyl (C=O) groups excluding carboxylic acids is 1. The van der Waals surface area contributed by atoms with E-state index in [4.69, 9.17) is 10.5 Å². The average Bonchev–Trinajstić information content (AvgIpc) is 3.53. The number of nitrogens with two attached hydrogens (primary N) is 1. The Morgan fingerprint density at radius 3 is 2.63 bits per heavy atom. The number of likely N-dealkylation sites (N-methyl/N-ethyl adjacent to an activating group) is 1. The summed E-state index contributed by atoms with van der Waals surface area (Å²) < 4.78 is 7.84. The van der Waals surface area contributed by atoms with E-state index in [0.29, 0.717) is 36.3 Å². The molecule has 3 N–H and O–H groups in total. The van der Waals surface area contributed by atoms with Crippen molar-refractivity contribution < 1.29 is 9.53 Å². The summed E-state index contributed by atoms with van der Waals surface area (Å²) in [5.74, 6) is 1.71. The van der Waals surface area contributed by atoms with Gasteiger partial charge in [-0.05, 0) is 56.8 Å². The standard InChI is InChI=1S/C29H32N6O3/c1-33(2)16-7-11-25(36)35-17-6-8-21(35)18-34-19-24(26-27(34)29(37)32-31-28(26)30)20-12-14-23(15-13-20)38-22-9-4-3-5-10-22/h3-5,7,9-15,19,21H,6,8,16-18H2,1-2H3,(H2,30,31)(H,32,37)/t21-/m1/s1. The number of amides is 1. The first kappa shape index (κ1) is 25.3. The van der Waals surface area contributed by atoms with Gasteiger partial charge in [-0.3, -0.25) is 9.59 Å². The number of nitrogen functional groups attached to an aromatic ring is 1. The van der Waals surface area contributed by atoms with Crippen LogP contribution in [0, 0.1) is 0 Å². The number of nitrogens with one attached hydrogen (secondary N) is 1. The van der Waals surface area contributed by atoms with Crippen LogP contribution in [0.15, 0.2) is 77.7 Å². The lowest BCUT2D eigenvalue weighted by atomic mass is 10.1. The summed E-state index contributed by atoms with van der Waals surface area (Å²) in [4.78, 5) is 29.7. The predicted octanol–water partition coefficient (Wildman–Crippen LogP) is 3.87. The molecular formula is C29H32N6O3. The fraction of sp³-hybridized carbons (Fsp3) is 0.276. The van der Waals surface area contributed by atoms with Crippen LogP contribution in [0.1, 0.15) is 12.8 Å². The average molecular weight is 513 g/mol. The maximum absolute atomic E-state index is 12.9. The van der Waals surface area contributed by atoms with Gasteiger partial charge in [0.05, 0.1) is 5.39 Å². The first-order valence-corrected chi connectivity index (χ1v) is 12.7. The molecule has 0 bridgehead atoms. The minimum absolute atomic E-state index is 0.00451. The fourth-order valence-electron chi connectivity index (χ4n) is 4.97. The minimum atomic E-state index is -0.314. The van der Waals surface area contributed by atoms with E-state index in [1.54, 1.807) is 6.08 Å². The fourth-order valence-corrected chi connectivity index (χ4v) is 4.97. The molecule has 0 saturated carbocycles. The lowest BCUT2D eigenvalue weighted by molar-refractivity contribution is -0.127. The number of carbonyl (C=O) groups is 1. The summed E-state index contributed by atoms with van der Waals surface area (Å²) in [5, 5.41) is 7.14. The van der Waals surface area contributed by atoms with Crippen molar-refractivity contribution in [3.63, 3.8) is 0 Å². The van der Waals surface area contributed by atoms with Crippen LogP contribution in [0.3, 0.4) is 0 Å². The molecule has 1 atom stereocenters. The zero-order chi connectivity index (χ0) is 26.6. The van der Waals surface area contributed by atoms with E-state index in [0.717, 1.165) is 29.7 Å². The monoisotopic (exact) mass is 512 g/mol. The lowest BCUT2D eigenvalue weighted by Gasteiger charge is -2.24. The molecule has 1 aliphatic rings. The molecule has 2 aromatic carbocycles. The number of aromatic nitrogens is 3. The van der Waals surface area contributed by atoms with Crippen molar-refractivity contribution in [2.45, 2.75) is 25.4 Å². The SMILES string of the molecule is CN(C)CC=CC(=O)N1CCC[C@@H]1Cn1cc(-c2ccc(Oc3ccccc3)cc2)c2c(N)n[nH]c(=O)c21. The number of nitrogens with zero attached hydrogens (tertiary/aromatic N) is 4. The highest BCUT2D eigenvalue weighted by atomic mass is 16.5. The molecule has 0 radical (unpaired) electrons. The van der Waals surface area contributed by atoms with Crippen LogP contribution in [0.5, 0.6) is 11.5 Å². The van der Waals surface area contributed by atoms with Gasteiger partial charge in [0.1, 0.15) is 17.0 Å². The van der Waals surface area contributed by atoms with E-state index in [2.05, 4.69) is 10.2 Å². The number of rotatable bonds is 8. The second-order valence-electron chi connectivity index (χ2n) is 9.79. The molecule has 2 aromatic heterocycles. The zero-order valence-corrected chi connectivity index (χ0v) is 21.6. The Bertz CT molecular complexity index is 1510. The number of fused-ring (bicyclic) bond motifs is 1. The highest BCUT2D eigenvalue weighted by Crippen LogP contribution is 2.34. The number of para-hydroxylation sites is 1. The Hall–Kier alpha value is -4.37. The second kappa shape index (κ2) is 10.9. The summed E-state index contributed by atoms with van der Waals surface area (Å²) in [5.41, 5.74) is 8.12. The van der Waals surface area contributed by atoms with Gasteiger partial charge >= 0.3 is 0 Å². The number of H-pyrrole nitrogens is 1. The Morgan fingerprint density at radius 1 is 1.16 bits per heavy atom. The van der Waals surface area contributed by atoms with Gasteiger partial charge in [-0.15, -0.1) is 0 Å². The molecule has 0 unspecified atom stereocenters. The van der Waals surface area contributed by atoms with Gasteiger partial charge in [0.25, 0.3) is 5.56 Å². The van der Waals surface area contributed by atoms with E-state index >= 15 is 0 Å². The third-order valence-corrected chi connectivity index (χ3v) is 6.77. The van der Waals surface area contributed by atoms with Crippen LogP contribution in [-0.2, 0) is 11.3 Å².